The zero-order valence-electron chi connectivity index (χ0n) is 13.1. The molecule has 1 aromatic rings. The maximum Gasteiger partial charge on any atom is 0.309 e. The molecule has 0 saturated heterocycles. The van der Waals surface area contributed by atoms with Crippen molar-refractivity contribution >= 4 is 15.8 Å². The van der Waals surface area contributed by atoms with Gasteiger partial charge in [-0.3, -0.25) is 4.79 Å². The summed E-state index contributed by atoms with van der Waals surface area (Å²) in [6.07, 6.45) is 4.31. The van der Waals surface area contributed by atoms with Gasteiger partial charge in [-0.25, -0.2) is 12.8 Å². The summed E-state index contributed by atoms with van der Waals surface area (Å²) in [5.74, 6) is -0.885. The highest BCUT2D eigenvalue weighted by atomic mass is 32.2. The fraction of sp³-hybridized carbons (Fsp3) is 0.588. The number of carbonyl (C=O) groups is 1. The van der Waals surface area contributed by atoms with Crippen molar-refractivity contribution in [2.75, 3.05) is 5.75 Å². The van der Waals surface area contributed by atoms with Crippen molar-refractivity contribution < 1.29 is 22.3 Å². The third kappa shape index (κ3) is 3.57. The summed E-state index contributed by atoms with van der Waals surface area (Å²) in [4.78, 5) is 12.2. The number of ether oxygens (including phenoxy) is 1. The van der Waals surface area contributed by atoms with E-state index in [0.717, 1.165) is 31.4 Å². The number of esters is 1. The molecule has 1 aromatic carbocycles. The molecule has 23 heavy (non-hydrogen) atoms. The smallest absolute Gasteiger partial charge is 0.309 e. The summed E-state index contributed by atoms with van der Waals surface area (Å²) in [5.41, 5.74) is 0. The second-order valence-electron chi connectivity index (χ2n) is 6.79. The first-order valence-electron chi connectivity index (χ1n) is 8.04. The Morgan fingerprint density at radius 2 is 1.96 bits per heavy atom. The van der Waals surface area contributed by atoms with Crippen molar-refractivity contribution in [2.24, 2.45) is 17.8 Å². The van der Waals surface area contributed by atoms with Crippen molar-refractivity contribution in [3.05, 3.63) is 30.1 Å². The summed E-state index contributed by atoms with van der Waals surface area (Å²) < 4.78 is 43.0. The van der Waals surface area contributed by atoms with Gasteiger partial charge in [0.15, 0.2) is 9.84 Å². The van der Waals surface area contributed by atoms with Gasteiger partial charge in [-0.15, -0.1) is 0 Å². The Bertz CT molecular complexity index is 683. The molecule has 0 radical (unpaired) electrons. The maximum atomic E-state index is 12.9. The highest BCUT2D eigenvalue weighted by molar-refractivity contribution is 7.91. The van der Waals surface area contributed by atoms with E-state index in [-0.39, 0.29) is 16.8 Å². The Morgan fingerprint density at radius 3 is 2.52 bits per heavy atom. The molecule has 0 aliphatic heterocycles. The van der Waals surface area contributed by atoms with Crippen molar-refractivity contribution in [3.8, 4) is 0 Å². The van der Waals surface area contributed by atoms with E-state index >= 15 is 0 Å². The largest absolute Gasteiger partial charge is 0.462 e. The number of rotatable bonds is 5. The lowest BCUT2D eigenvalue weighted by Crippen LogP contribution is -2.30. The third-order valence-corrected chi connectivity index (χ3v) is 6.91. The van der Waals surface area contributed by atoms with Gasteiger partial charge >= 0.3 is 5.97 Å². The second-order valence-corrected chi connectivity index (χ2v) is 8.82. The number of hydrogen-bond acceptors (Lipinski definition) is 4. The summed E-state index contributed by atoms with van der Waals surface area (Å²) in [5, 5.41) is 0. The summed E-state index contributed by atoms with van der Waals surface area (Å²) in [6, 6.07) is 4.65. The van der Waals surface area contributed by atoms with Crippen LogP contribution in [0.4, 0.5) is 4.39 Å². The van der Waals surface area contributed by atoms with E-state index in [2.05, 4.69) is 0 Å². The van der Waals surface area contributed by atoms with Gasteiger partial charge in [-0.2, -0.15) is 0 Å². The minimum atomic E-state index is -3.63. The molecule has 4 atom stereocenters. The first-order chi connectivity index (χ1) is 10.8. The number of benzene rings is 1. The molecular formula is C17H21FO4S. The van der Waals surface area contributed by atoms with Crippen molar-refractivity contribution in [1.82, 2.24) is 0 Å². The minimum absolute atomic E-state index is 0.0264. The van der Waals surface area contributed by atoms with E-state index in [0.29, 0.717) is 11.8 Å². The van der Waals surface area contributed by atoms with Gasteiger partial charge in [0.25, 0.3) is 0 Å². The maximum absolute atomic E-state index is 12.9. The molecule has 0 heterocycles. The molecule has 2 aliphatic carbocycles. The molecule has 0 aromatic heterocycles. The molecular weight excluding hydrogens is 319 g/mol. The molecule has 0 amide bonds. The standard InChI is InChI=1S/C17H21FO4S/c1-11(10-23(20,21)15-6-4-14(18)5-7-15)17(19)22-16-9-12-2-3-13(16)8-12/h4-7,11-13,16H,2-3,8-10H2,1H3/t11-,12-,13-,16+/m0/s1. The number of halogens is 1. The van der Waals surface area contributed by atoms with Crippen molar-refractivity contribution in [1.29, 1.82) is 0 Å². The van der Waals surface area contributed by atoms with Crippen LogP contribution in [0.3, 0.4) is 0 Å². The predicted octanol–water partition coefficient (Wildman–Crippen LogP) is 2.97. The first-order valence-corrected chi connectivity index (χ1v) is 9.69. The molecule has 0 unspecified atom stereocenters. The number of sulfone groups is 1. The van der Waals surface area contributed by atoms with Gasteiger partial charge in [0.2, 0.25) is 0 Å². The van der Waals surface area contributed by atoms with Crippen LogP contribution in [0.2, 0.25) is 0 Å². The fourth-order valence-corrected chi connectivity index (χ4v) is 5.27. The predicted molar refractivity (Wildman–Crippen MR) is 82.9 cm³/mol. The molecule has 3 rings (SSSR count). The first kappa shape index (κ1) is 16.4. The Morgan fingerprint density at radius 1 is 1.26 bits per heavy atom. The summed E-state index contributed by atoms with van der Waals surface area (Å²) in [6.45, 7) is 1.57. The highest BCUT2D eigenvalue weighted by Gasteiger charge is 2.42. The van der Waals surface area contributed by atoms with Crippen LogP contribution in [0.1, 0.15) is 32.6 Å². The van der Waals surface area contributed by atoms with Gasteiger partial charge in [-0.05, 0) is 61.8 Å². The lowest BCUT2D eigenvalue weighted by Gasteiger charge is -2.23. The van der Waals surface area contributed by atoms with Gasteiger partial charge in [0, 0.05) is 0 Å². The van der Waals surface area contributed by atoms with E-state index in [4.69, 9.17) is 4.74 Å². The number of carbonyl (C=O) groups excluding carboxylic acids is 1. The Labute approximate surface area is 136 Å². The van der Waals surface area contributed by atoms with E-state index in [1.165, 1.54) is 18.6 Å². The van der Waals surface area contributed by atoms with E-state index in [1.54, 1.807) is 6.92 Å². The lowest BCUT2D eigenvalue weighted by molar-refractivity contribution is -0.155. The quantitative estimate of drug-likeness (QED) is 0.611. The van der Waals surface area contributed by atoms with Crippen molar-refractivity contribution in [2.45, 2.75) is 43.6 Å². The number of hydrogen-bond donors (Lipinski definition) is 0. The highest BCUT2D eigenvalue weighted by Crippen LogP contribution is 2.46. The van der Waals surface area contributed by atoms with E-state index in [9.17, 15) is 17.6 Å². The van der Waals surface area contributed by atoms with Crippen LogP contribution in [0.5, 0.6) is 0 Å². The zero-order valence-corrected chi connectivity index (χ0v) is 13.9. The molecule has 0 N–H and O–H groups in total. The van der Waals surface area contributed by atoms with Gasteiger partial charge in [-0.1, -0.05) is 6.92 Å². The topological polar surface area (TPSA) is 60.4 Å². The van der Waals surface area contributed by atoms with Crippen LogP contribution in [0.25, 0.3) is 0 Å². The Balaban J connectivity index is 1.60. The van der Waals surface area contributed by atoms with Crippen LogP contribution in [-0.4, -0.2) is 26.2 Å². The van der Waals surface area contributed by atoms with Gasteiger partial charge in [0.1, 0.15) is 11.9 Å². The Hall–Kier alpha value is -1.43. The molecule has 2 aliphatic rings. The monoisotopic (exact) mass is 340 g/mol. The van der Waals surface area contributed by atoms with E-state index in [1.807, 2.05) is 0 Å². The average Bonchev–Trinajstić information content (AvgIpc) is 3.09. The van der Waals surface area contributed by atoms with Gasteiger partial charge in [0.05, 0.1) is 16.6 Å². The normalized spacial score (nSPS) is 27.8. The fourth-order valence-electron chi connectivity index (χ4n) is 3.73. The molecule has 126 valence electrons. The summed E-state index contributed by atoms with van der Waals surface area (Å²) >= 11 is 0. The van der Waals surface area contributed by atoms with Crippen LogP contribution < -0.4 is 0 Å². The van der Waals surface area contributed by atoms with Crippen LogP contribution in [0, 0.1) is 23.6 Å². The summed E-state index contributed by atoms with van der Waals surface area (Å²) in [7, 11) is -3.63. The van der Waals surface area contributed by atoms with Crippen LogP contribution in [0.15, 0.2) is 29.2 Å². The van der Waals surface area contributed by atoms with Crippen LogP contribution in [-0.2, 0) is 19.4 Å². The lowest BCUT2D eigenvalue weighted by atomic mass is 9.97. The molecule has 6 heteroatoms. The SMILES string of the molecule is C[C@@H](CS(=O)(=O)c1ccc(F)cc1)C(=O)O[C@@H]1C[C@H]2CC[C@H]1C2. The Kier molecular flexibility index (Phi) is 4.45. The average molecular weight is 340 g/mol. The van der Waals surface area contributed by atoms with Crippen LogP contribution >= 0.6 is 0 Å². The molecule has 2 fully saturated rings. The number of fused-ring (bicyclic) bond motifs is 2. The third-order valence-electron chi connectivity index (χ3n) is 4.99. The van der Waals surface area contributed by atoms with E-state index < -0.39 is 27.5 Å². The molecule has 2 bridgehead atoms. The second kappa shape index (κ2) is 6.23. The van der Waals surface area contributed by atoms with Crippen molar-refractivity contribution in [3.63, 3.8) is 0 Å². The molecule has 2 saturated carbocycles. The zero-order chi connectivity index (χ0) is 16.6. The molecule has 4 nitrogen and oxygen atoms in total. The minimum Gasteiger partial charge on any atom is -0.462 e. The van der Waals surface area contributed by atoms with Gasteiger partial charge < -0.3 is 4.74 Å². The molecule has 0 spiro atoms.